The fraction of sp³-hybridized carbons (Fsp3) is 0.429. The molecule has 0 unspecified atom stereocenters. The second-order valence-electron chi connectivity index (χ2n) is 18.1. The zero-order valence-corrected chi connectivity index (χ0v) is 38.5. The summed E-state index contributed by atoms with van der Waals surface area (Å²) in [6, 6.07) is 28.1. The lowest BCUT2D eigenvalue weighted by molar-refractivity contribution is -0.131. The molecular weight excluding hydrogens is 836 g/mol. The number of carbonyl (C=O) groups excluding carboxylic acids is 5. The van der Waals surface area contributed by atoms with Gasteiger partial charge in [-0.1, -0.05) is 144 Å². The Morgan fingerprint density at radius 2 is 1.36 bits per heavy atom. The Morgan fingerprint density at radius 3 is 1.94 bits per heavy atom. The van der Waals surface area contributed by atoms with E-state index < -0.39 is 71.2 Å². The molecule has 342 valence electrons. The number of nitrogens with zero attached hydrogens (tertiary/aromatic N) is 3. The van der Waals surface area contributed by atoms with Gasteiger partial charge in [-0.2, -0.15) is 0 Å². The van der Waals surface area contributed by atoms with Gasteiger partial charge >= 0.3 is 18.3 Å². The molecule has 1 aliphatic heterocycles. The van der Waals surface area contributed by atoms with Gasteiger partial charge in [0.05, 0.1) is 18.8 Å². The Morgan fingerprint density at radius 1 is 0.734 bits per heavy atom. The number of alkyl halides is 1. The van der Waals surface area contributed by atoms with Crippen molar-refractivity contribution in [1.29, 1.82) is 0 Å². The molecule has 1 fully saturated rings. The molecule has 64 heavy (non-hydrogen) atoms. The van der Waals surface area contributed by atoms with Gasteiger partial charge in [0, 0.05) is 43.9 Å². The normalized spacial score (nSPS) is 15.3. The van der Waals surface area contributed by atoms with Crippen LogP contribution in [0.5, 0.6) is 0 Å². The number of ether oxygens (including phenoxy) is 3. The maximum atomic E-state index is 14.9. The molecule has 1 aliphatic rings. The molecule has 1 aromatic heterocycles. The van der Waals surface area contributed by atoms with Crippen LogP contribution in [0.2, 0.25) is 0 Å². The highest BCUT2D eigenvalue weighted by Crippen LogP contribution is 2.30. The van der Waals surface area contributed by atoms with E-state index in [-0.39, 0.29) is 25.3 Å². The molecule has 14 nitrogen and oxygen atoms in total. The number of hydrogen-bond acceptors (Lipinski definition) is 9. The van der Waals surface area contributed by atoms with Gasteiger partial charge in [0.25, 0.3) is 0 Å². The van der Waals surface area contributed by atoms with Crippen LogP contribution in [0.4, 0.5) is 14.4 Å². The lowest BCUT2D eigenvalue weighted by Crippen LogP contribution is -2.60. The molecule has 5 atom stereocenters. The van der Waals surface area contributed by atoms with E-state index in [1.165, 1.54) is 7.11 Å². The summed E-state index contributed by atoms with van der Waals surface area (Å²) >= 11 is 5.84. The van der Waals surface area contributed by atoms with Crippen LogP contribution in [0.3, 0.4) is 0 Å². The predicted octanol–water partition coefficient (Wildman–Crippen LogP) is 7.73. The number of alkyl carbamates (subject to hydrolysis) is 1. The first-order valence-electron chi connectivity index (χ1n) is 21.4. The third kappa shape index (κ3) is 13.9. The summed E-state index contributed by atoms with van der Waals surface area (Å²) in [6.07, 6.45) is -0.823. The quantitative estimate of drug-likeness (QED) is 0.0669. The SMILES string of the molecule is COC(=O)N[C@H](C(=O)N[C@@H](Cc1ccc(-c2ccccn2)cc1)C[C@H](OC(=O)OCCl)[C@H](Cc1ccccc1)NC(=O)[C@@H](N1CCN(Cc2ccccc2)C1=O)C(C)(C)C)C(C)(C)C. The molecule has 4 aromatic rings. The summed E-state index contributed by atoms with van der Waals surface area (Å²) in [4.78, 5) is 76.8. The average molecular weight is 898 g/mol. The predicted molar refractivity (Wildman–Crippen MR) is 245 cm³/mol. The van der Waals surface area contributed by atoms with Crippen molar-refractivity contribution in [2.24, 2.45) is 10.8 Å². The van der Waals surface area contributed by atoms with Crippen molar-refractivity contribution in [2.45, 2.75) is 97.6 Å². The fourth-order valence-electron chi connectivity index (χ4n) is 7.94. The Hall–Kier alpha value is -6.15. The van der Waals surface area contributed by atoms with Crippen molar-refractivity contribution < 1.29 is 38.2 Å². The molecule has 0 bridgehead atoms. The number of benzene rings is 3. The first kappa shape index (κ1) is 48.9. The molecule has 3 aromatic carbocycles. The Balaban J connectivity index is 1.52. The van der Waals surface area contributed by atoms with E-state index in [9.17, 15) is 24.0 Å². The minimum atomic E-state index is -1.12. The van der Waals surface area contributed by atoms with Crippen LogP contribution < -0.4 is 16.0 Å². The smallest absolute Gasteiger partial charge is 0.453 e. The number of methoxy groups -OCH3 is 1. The molecule has 3 N–H and O–H groups in total. The Bertz CT molecular complexity index is 2150. The number of carbonyl (C=O) groups is 5. The van der Waals surface area contributed by atoms with E-state index in [0.717, 1.165) is 27.9 Å². The molecule has 5 rings (SSSR count). The summed E-state index contributed by atoms with van der Waals surface area (Å²) < 4.78 is 16.0. The number of hydrogen-bond donors (Lipinski definition) is 3. The zero-order valence-electron chi connectivity index (χ0n) is 37.7. The fourth-order valence-corrected chi connectivity index (χ4v) is 8.02. The molecular formula is C49H61ClN6O8. The third-order valence-electron chi connectivity index (χ3n) is 11.1. The van der Waals surface area contributed by atoms with Crippen molar-refractivity contribution in [3.05, 3.63) is 126 Å². The van der Waals surface area contributed by atoms with Gasteiger partial charge < -0.3 is 40.0 Å². The van der Waals surface area contributed by atoms with Gasteiger partial charge in [0.15, 0.2) is 6.07 Å². The van der Waals surface area contributed by atoms with Gasteiger partial charge in [-0.3, -0.25) is 14.6 Å². The van der Waals surface area contributed by atoms with Gasteiger partial charge in [0.1, 0.15) is 18.2 Å². The topological polar surface area (TPSA) is 169 Å². The minimum Gasteiger partial charge on any atom is -0.453 e. The van der Waals surface area contributed by atoms with Gasteiger partial charge in [0.2, 0.25) is 11.8 Å². The highest BCUT2D eigenvalue weighted by atomic mass is 35.5. The van der Waals surface area contributed by atoms with E-state index >= 15 is 0 Å². The van der Waals surface area contributed by atoms with Crippen molar-refractivity contribution in [3.63, 3.8) is 0 Å². The average Bonchev–Trinajstić information content (AvgIpc) is 3.60. The Kier molecular flexibility index (Phi) is 17.2. The van der Waals surface area contributed by atoms with Crippen LogP contribution >= 0.6 is 11.6 Å². The number of nitrogens with one attached hydrogen (secondary N) is 3. The molecule has 15 heteroatoms. The van der Waals surface area contributed by atoms with Crippen LogP contribution in [-0.2, 0) is 43.2 Å². The number of halogens is 1. The molecule has 5 amide bonds. The highest BCUT2D eigenvalue weighted by Gasteiger charge is 2.45. The van der Waals surface area contributed by atoms with E-state index in [0.29, 0.717) is 19.6 Å². The van der Waals surface area contributed by atoms with E-state index in [2.05, 4.69) is 20.9 Å². The molecule has 2 heterocycles. The van der Waals surface area contributed by atoms with Crippen LogP contribution in [0, 0.1) is 10.8 Å². The maximum Gasteiger partial charge on any atom is 0.509 e. The van der Waals surface area contributed by atoms with Crippen LogP contribution in [-0.4, -0.2) is 101 Å². The number of rotatable bonds is 18. The molecule has 0 spiro atoms. The number of urea groups is 1. The van der Waals surface area contributed by atoms with Crippen molar-refractivity contribution in [3.8, 4) is 11.3 Å². The number of amides is 5. The molecule has 0 radical (unpaired) electrons. The van der Waals surface area contributed by atoms with Crippen molar-refractivity contribution >= 4 is 41.7 Å². The second kappa shape index (κ2) is 22.5. The summed E-state index contributed by atoms with van der Waals surface area (Å²) in [5.41, 5.74) is 2.85. The summed E-state index contributed by atoms with van der Waals surface area (Å²) in [7, 11) is 1.22. The molecule has 1 saturated heterocycles. The zero-order chi connectivity index (χ0) is 46.4. The first-order chi connectivity index (χ1) is 30.5. The van der Waals surface area contributed by atoms with Crippen LogP contribution in [0.1, 0.15) is 64.7 Å². The standard InChI is InChI=1S/C49H61ClN6O8/c1-48(2,3)41(54-45(59)62-7)43(57)52-37(28-34-21-23-36(24-22-34)38-20-14-15-25-51-38)30-40(64-47(61)63-32-50)39(29-33-16-10-8-11-17-33)53-44(58)42(49(4,5)6)56-27-26-55(46(56)60)31-35-18-12-9-13-19-35/h8-25,37,39-42H,26-32H2,1-7H3,(H,52,57)(H,53,58)(H,54,59)/t37-,39-,40-,41+,42+/m0/s1. The monoisotopic (exact) mass is 896 g/mol. The lowest BCUT2D eigenvalue weighted by Gasteiger charge is -2.39. The van der Waals surface area contributed by atoms with Gasteiger partial charge in [-0.15, -0.1) is 0 Å². The lowest BCUT2D eigenvalue weighted by atomic mass is 9.84. The number of aromatic nitrogens is 1. The van der Waals surface area contributed by atoms with Crippen molar-refractivity contribution in [2.75, 3.05) is 26.3 Å². The molecule has 0 aliphatic carbocycles. The summed E-state index contributed by atoms with van der Waals surface area (Å²) in [6.45, 7) is 12.3. The molecule has 0 saturated carbocycles. The van der Waals surface area contributed by atoms with Crippen LogP contribution in [0.25, 0.3) is 11.3 Å². The first-order valence-corrected chi connectivity index (χ1v) is 22.0. The highest BCUT2D eigenvalue weighted by molar-refractivity contribution is 6.17. The summed E-state index contributed by atoms with van der Waals surface area (Å²) in [5.74, 6) is -0.942. The minimum absolute atomic E-state index is 0.0222. The summed E-state index contributed by atoms with van der Waals surface area (Å²) in [5, 5.41) is 8.99. The second-order valence-corrected chi connectivity index (χ2v) is 18.3. The largest absolute Gasteiger partial charge is 0.509 e. The number of pyridine rings is 1. The Labute approximate surface area is 381 Å². The van der Waals surface area contributed by atoms with E-state index in [1.807, 2.05) is 145 Å². The third-order valence-corrected chi connectivity index (χ3v) is 11.2. The van der Waals surface area contributed by atoms with Crippen molar-refractivity contribution in [1.82, 2.24) is 30.7 Å². The van der Waals surface area contributed by atoms with Gasteiger partial charge in [-0.25, -0.2) is 14.4 Å². The van der Waals surface area contributed by atoms with Crippen LogP contribution in [0.15, 0.2) is 109 Å². The van der Waals surface area contributed by atoms with Gasteiger partial charge in [-0.05, 0) is 52.5 Å². The van der Waals surface area contributed by atoms with E-state index in [1.54, 1.807) is 16.0 Å². The van der Waals surface area contributed by atoms with E-state index in [4.69, 9.17) is 25.8 Å². The maximum absolute atomic E-state index is 14.9.